The molecule has 0 saturated carbocycles. The summed E-state index contributed by atoms with van der Waals surface area (Å²) in [5.41, 5.74) is 2.91. The summed E-state index contributed by atoms with van der Waals surface area (Å²) in [5.74, 6) is -0.198. The summed E-state index contributed by atoms with van der Waals surface area (Å²) >= 11 is 0. The van der Waals surface area contributed by atoms with E-state index in [0.717, 1.165) is 5.69 Å². The molecule has 0 unspecified atom stereocenters. The normalized spacial score (nSPS) is 14.3. The molecule has 0 aromatic heterocycles. The lowest BCUT2D eigenvalue weighted by Gasteiger charge is -2.14. The smallest absolute Gasteiger partial charge is 0.255 e. The van der Waals surface area contributed by atoms with Crippen LogP contribution in [0.3, 0.4) is 0 Å². The molecule has 1 heterocycles. The van der Waals surface area contributed by atoms with Gasteiger partial charge in [-0.1, -0.05) is 26.0 Å². The van der Waals surface area contributed by atoms with E-state index in [1.807, 2.05) is 24.3 Å². The first-order valence-corrected chi connectivity index (χ1v) is 8.33. The Bertz CT molecular complexity index is 792. The Labute approximate surface area is 146 Å². The number of imide groups is 1. The molecule has 0 aliphatic carbocycles. The molecule has 128 valence electrons. The molecule has 3 rings (SSSR count). The molecule has 3 amide bonds. The summed E-state index contributed by atoms with van der Waals surface area (Å²) < 4.78 is 0. The fraction of sp³-hybridized carbons (Fsp3) is 0.250. The maximum absolute atomic E-state index is 12.3. The van der Waals surface area contributed by atoms with E-state index in [1.54, 1.807) is 24.3 Å². The number of nitrogens with zero attached hydrogens (tertiary/aromatic N) is 1. The van der Waals surface area contributed by atoms with Gasteiger partial charge in [0, 0.05) is 24.1 Å². The highest BCUT2D eigenvalue weighted by Crippen LogP contribution is 2.23. The van der Waals surface area contributed by atoms with E-state index in [4.69, 9.17) is 0 Å². The van der Waals surface area contributed by atoms with Crippen LogP contribution in [0.1, 0.15) is 48.5 Å². The van der Waals surface area contributed by atoms with Gasteiger partial charge in [0.2, 0.25) is 11.8 Å². The highest BCUT2D eigenvalue weighted by Gasteiger charge is 2.30. The predicted molar refractivity (Wildman–Crippen MR) is 96.7 cm³/mol. The maximum Gasteiger partial charge on any atom is 0.255 e. The summed E-state index contributed by atoms with van der Waals surface area (Å²) in [6.45, 7) is 4.23. The second-order valence-electron chi connectivity index (χ2n) is 6.40. The quantitative estimate of drug-likeness (QED) is 0.866. The lowest BCUT2D eigenvalue weighted by molar-refractivity contribution is -0.121. The molecule has 5 heteroatoms. The number of nitrogens with one attached hydrogen (secondary N) is 1. The molecule has 0 spiro atoms. The summed E-state index contributed by atoms with van der Waals surface area (Å²) in [6, 6.07) is 14.2. The Morgan fingerprint density at radius 1 is 0.920 bits per heavy atom. The van der Waals surface area contributed by atoms with Crippen molar-refractivity contribution in [3.63, 3.8) is 0 Å². The van der Waals surface area contributed by atoms with E-state index in [1.165, 1.54) is 10.5 Å². The first-order valence-electron chi connectivity index (χ1n) is 8.33. The second-order valence-corrected chi connectivity index (χ2v) is 6.40. The van der Waals surface area contributed by atoms with Gasteiger partial charge in [-0.25, -0.2) is 0 Å². The van der Waals surface area contributed by atoms with E-state index in [2.05, 4.69) is 19.2 Å². The van der Waals surface area contributed by atoms with Gasteiger partial charge >= 0.3 is 0 Å². The number of amides is 3. The lowest BCUT2D eigenvalue weighted by Crippen LogP contribution is -2.28. The van der Waals surface area contributed by atoms with Crippen molar-refractivity contribution in [2.24, 2.45) is 0 Å². The minimum atomic E-state index is -0.233. The monoisotopic (exact) mass is 336 g/mol. The van der Waals surface area contributed by atoms with Crippen LogP contribution in [0.2, 0.25) is 0 Å². The van der Waals surface area contributed by atoms with Crippen LogP contribution in [0, 0.1) is 0 Å². The molecule has 1 aliphatic heterocycles. The van der Waals surface area contributed by atoms with Gasteiger partial charge in [-0.15, -0.1) is 0 Å². The highest BCUT2D eigenvalue weighted by atomic mass is 16.2. The molecule has 2 aromatic rings. The fourth-order valence-electron chi connectivity index (χ4n) is 2.78. The molecule has 1 N–H and O–H groups in total. The summed E-state index contributed by atoms with van der Waals surface area (Å²) in [5, 5.41) is 2.84. The average molecular weight is 336 g/mol. The number of carbonyl (C=O) groups excluding carboxylic acids is 3. The molecule has 25 heavy (non-hydrogen) atoms. The van der Waals surface area contributed by atoms with Gasteiger partial charge in [0.25, 0.3) is 5.91 Å². The standard InChI is InChI=1S/C20H20N2O3/c1-13(2)14-3-7-16(8-4-14)21-20(25)15-5-9-17(10-6-15)22-18(23)11-12-19(22)24/h3-10,13H,11-12H2,1-2H3,(H,21,25). The number of hydrogen-bond acceptors (Lipinski definition) is 3. The van der Waals surface area contributed by atoms with Gasteiger partial charge < -0.3 is 5.32 Å². The van der Waals surface area contributed by atoms with Crippen LogP contribution in [0.15, 0.2) is 48.5 Å². The maximum atomic E-state index is 12.3. The Balaban J connectivity index is 1.70. The molecule has 1 saturated heterocycles. The van der Waals surface area contributed by atoms with Crippen molar-refractivity contribution >= 4 is 29.1 Å². The van der Waals surface area contributed by atoms with Crippen LogP contribution in [-0.2, 0) is 9.59 Å². The number of hydrogen-bond donors (Lipinski definition) is 1. The van der Waals surface area contributed by atoms with Crippen molar-refractivity contribution in [2.45, 2.75) is 32.6 Å². The molecule has 0 atom stereocenters. The molecule has 2 aromatic carbocycles. The van der Waals surface area contributed by atoms with Crippen molar-refractivity contribution in [1.82, 2.24) is 0 Å². The van der Waals surface area contributed by atoms with Crippen LogP contribution in [0.4, 0.5) is 11.4 Å². The average Bonchev–Trinajstić information content (AvgIpc) is 2.94. The van der Waals surface area contributed by atoms with Crippen LogP contribution in [0.25, 0.3) is 0 Å². The number of anilines is 2. The van der Waals surface area contributed by atoms with E-state index in [9.17, 15) is 14.4 Å². The second kappa shape index (κ2) is 6.89. The SMILES string of the molecule is CC(C)c1ccc(NC(=O)c2ccc(N3C(=O)CCC3=O)cc2)cc1. The first kappa shape index (κ1) is 16.9. The molecule has 1 aliphatic rings. The van der Waals surface area contributed by atoms with Crippen molar-refractivity contribution in [2.75, 3.05) is 10.2 Å². The minimum absolute atomic E-state index is 0.201. The van der Waals surface area contributed by atoms with Gasteiger partial charge in [0.15, 0.2) is 0 Å². The number of rotatable bonds is 4. The van der Waals surface area contributed by atoms with Gasteiger partial charge in [0.1, 0.15) is 0 Å². The minimum Gasteiger partial charge on any atom is -0.322 e. The topological polar surface area (TPSA) is 66.5 Å². The van der Waals surface area contributed by atoms with Gasteiger partial charge in [-0.05, 0) is 47.9 Å². The van der Waals surface area contributed by atoms with Gasteiger partial charge in [0.05, 0.1) is 5.69 Å². The summed E-state index contributed by atoms with van der Waals surface area (Å²) in [6.07, 6.45) is 0.487. The highest BCUT2D eigenvalue weighted by molar-refractivity contribution is 6.20. The largest absolute Gasteiger partial charge is 0.322 e. The molecular formula is C20H20N2O3. The van der Waals surface area contributed by atoms with Gasteiger partial charge in [-0.3, -0.25) is 19.3 Å². The third-order valence-electron chi connectivity index (χ3n) is 4.27. The zero-order chi connectivity index (χ0) is 18.0. The number of carbonyl (C=O) groups is 3. The molecule has 0 bridgehead atoms. The third kappa shape index (κ3) is 3.60. The summed E-state index contributed by atoms with van der Waals surface area (Å²) in [4.78, 5) is 37.0. The number of benzene rings is 2. The van der Waals surface area contributed by atoms with E-state index >= 15 is 0 Å². The van der Waals surface area contributed by atoms with Crippen LogP contribution in [-0.4, -0.2) is 17.7 Å². The molecule has 0 radical (unpaired) electrons. The Morgan fingerprint density at radius 3 is 2.00 bits per heavy atom. The van der Waals surface area contributed by atoms with Crippen molar-refractivity contribution in [3.05, 3.63) is 59.7 Å². The van der Waals surface area contributed by atoms with Crippen LogP contribution in [0.5, 0.6) is 0 Å². The molecular weight excluding hydrogens is 316 g/mol. The van der Waals surface area contributed by atoms with Crippen molar-refractivity contribution in [1.29, 1.82) is 0 Å². The third-order valence-corrected chi connectivity index (χ3v) is 4.27. The van der Waals surface area contributed by atoms with E-state index in [-0.39, 0.29) is 30.6 Å². The zero-order valence-corrected chi connectivity index (χ0v) is 14.3. The van der Waals surface area contributed by atoms with Crippen LogP contribution >= 0.6 is 0 Å². The molecule has 1 fully saturated rings. The van der Waals surface area contributed by atoms with Gasteiger partial charge in [-0.2, -0.15) is 0 Å². The van der Waals surface area contributed by atoms with Crippen molar-refractivity contribution < 1.29 is 14.4 Å². The fourth-order valence-corrected chi connectivity index (χ4v) is 2.78. The van der Waals surface area contributed by atoms with Crippen molar-refractivity contribution in [3.8, 4) is 0 Å². The first-order chi connectivity index (χ1) is 12.0. The van der Waals surface area contributed by atoms with E-state index < -0.39 is 0 Å². The predicted octanol–water partition coefficient (Wildman–Crippen LogP) is 3.72. The zero-order valence-electron chi connectivity index (χ0n) is 14.3. The molecule has 5 nitrogen and oxygen atoms in total. The Kier molecular flexibility index (Phi) is 4.65. The van der Waals surface area contributed by atoms with Crippen LogP contribution < -0.4 is 10.2 Å². The Hall–Kier alpha value is -2.95. The summed E-state index contributed by atoms with van der Waals surface area (Å²) in [7, 11) is 0. The van der Waals surface area contributed by atoms with E-state index in [0.29, 0.717) is 17.2 Å². The lowest BCUT2D eigenvalue weighted by atomic mass is 10.0. The Morgan fingerprint density at radius 2 is 1.48 bits per heavy atom.